The zero-order valence-corrected chi connectivity index (χ0v) is 14.6. The van der Waals surface area contributed by atoms with Crippen molar-refractivity contribution in [3.8, 4) is 0 Å². The third-order valence-corrected chi connectivity index (χ3v) is 5.35. The quantitative estimate of drug-likeness (QED) is 0.829. The molecule has 1 saturated carbocycles. The van der Waals surface area contributed by atoms with Gasteiger partial charge < -0.3 is 5.73 Å². The summed E-state index contributed by atoms with van der Waals surface area (Å²) in [5.74, 6) is 1.59. The number of aryl methyl sites for hydroxylation is 2. The summed E-state index contributed by atoms with van der Waals surface area (Å²) in [6.45, 7) is 11.5. The Labute approximate surface area is 131 Å². The van der Waals surface area contributed by atoms with Crippen LogP contribution in [0.25, 0.3) is 0 Å². The monoisotopic (exact) mass is 287 g/mol. The number of nitrogens with two attached hydrogens (primary N) is 1. The molecule has 1 aromatic carbocycles. The minimum Gasteiger partial charge on any atom is -0.327 e. The summed E-state index contributed by atoms with van der Waals surface area (Å²) in [5.41, 5.74) is 11.1. The van der Waals surface area contributed by atoms with Crippen LogP contribution in [0.15, 0.2) is 18.2 Å². The van der Waals surface area contributed by atoms with Crippen molar-refractivity contribution >= 4 is 0 Å². The molecule has 2 rings (SSSR count). The van der Waals surface area contributed by atoms with Crippen molar-refractivity contribution < 1.29 is 0 Å². The van der Waals surface area contributed by atoms with Crippen LogP contribution in [-0.2, 0) is 6.42 Å². The van der Waals surface area contributed by atoms with E-state index >= 15 is 0 Å². The Morgan fingerprint density at radius 1 is 1.00 bits per heavy atom. The summed E-state index contributed by atoms with van der Waals surface area (Å²) < 4.78 is 0. The van der Waals surface area contributed by atoms with Crippen molar-refractivity contribution in [3.63, 3.8) is 0 Å². The van der Waals surface area contributed by atoms with Crippen LogP contribution >= 0.6 is 0 Å². The second-order valence-electron chi connectivity index (χ2n) is 8.34. The highest BCUT2D eigenvalue weighted by Crippen LogP contribution is 2.40. The molecule has 1 unspecified atom stereocenters. The van der Waals surface area contributed by atoms with Gasteiger partial charge in [0, 0.05) is 6.04 Å². The molecule has 0 heterocycles. The first-order valence-electron chi connectivity index (χ1n) is 8.58. The second-order valence-corrected chi connectivity index (χ2v) is 8.34. The molecule has 118 valence electrons. The average molecular weight is 287 g/mol. The van der Waals surface area contributed by atoms with Gasteiger partial charge in [-0.2, -0.15) is 0 Å². The molecule has 21 heavy (non-hydrogen) atoms. The van der Waals surface area contributed by atoms with Crippen LogP contribution in [0.2, 0.25) is 0 Å². The first-order valence-corrected chi connectivity index (χ1v) is 8.58. The maximum Gasteiger partial charge on any atom is 0.0108 e. The normalized spacial score (nSPS) is 24.9. The standard InChI is InChI=1S/C20H33N/c1-14-10-15(2)12-16(11-14)13-19(21)17-6-8-18(9-7-17)20(3,4)5/h10-12,17-19H,6-9,13,21H2,1-5H3. The predicted octanol–water partition coefficient (Wildman–Crippen LogP) is 5.03. The molecule has 2 N–H and O–H groups in total. The third-order valence-electron chi connectivity index (χ3n) is 5.35. The van der Waals surface area contributed by atoms with E-state index in [9.17, 15) is 0 Å². The summed E-state index contributed by atoms with van der Waals surface area (Å²) in [6, 6.07) is 7.16. The molecule has 0 aliphatic heterocycles. The first kappa shape index (κ1) is 16.5. The first-order chi connectivity index (χ1) is 9.75. The average Bonchev–Trinajstić information content (AvgIpc) is 2.36. The maximum atomic E-state index is 6.54. The van der Waals surface area contributed by atoms with E-state index in [0.29, 0.717) is 17.4 Å². The van der Waals surface area contributed by atoms with E-state index in [0.717, 1.165) is 12.3 Å². The zero-order valence-electron chi connectivity index (χ0n) is 14.6. The molecule has 0 aromatic heterocycles. The lowest BCUT2D eigenvalue weighted by Gasteiger charge is -2.38. The summed E-state index contributed by atoms with van der Waals surface area (Å²) in [4.78, 5) is 0. The molecule has 0 spiro atoms. The van der Waals surface area contributed by atoms with Gasteiger partial charge in [0.1, 0.15) is 0 Å². The number of rotatable bonds is 3. The molecule has 0 radical (unpaired) electrons. The molecule has 0 saturated heterocycles. The Balaban J connectivity index is 1.91. The molecule has 1 aliphatic carbocycles. The third kappa shape index (κ3) is 4.57. The lowest BCUT2D eigenvalue weighted by Crippen LogP contribution is -2.36. The number of hydrogen-bond acceptors (Lipinski definition) is 1. The second kappa shape index (κ2) is 6.52. The molecule has 0 amide bonds. The minimum absolute atomic E-state index is 0.326. The van der Waals surface area contributed by atoms with Crippen LogP contribution in [0.1, 0.15) is 63.1 Å². The number of benzene rings is 1. The van der Waals surface area contributed by atoms with E-state index in [2.05, 4.69) is 52.8 Å². The van der Waals surface area contributed by atoms with Gasteiger partial charge in [-0.3, -0.25) is 0 Å². The molecular weight excluding hydrogens is 254 g/mol. The Kier molecular flexibility index (Phi) is 5.14. The lowest BCUT2D eigenvalue weighted by atomic mass is 9.68. The fourth-order valence-electron chi connectivity index (χ4n) is 4.04. The molecule has 1 atom stereocenters. The van der Waals surface area contributed by atoms with Gasteiger partial charge >= 0.3 is 0 Å². The van der Waals surface area contributed by atoms with Crippen molar-refractivity contribution in [1.29, 1.82) is 0 Å². The van der Waals surface area contributed by atoms with Gasteiger partial charge in [0.05, 0.1) is 0 Å². The van der Waals surface area contributed by atoms with Crippen LogP contribution in [0, 0.1) is 31.1 Å². The molecule has 1 aliphatic rings. The van der Waals surface area contributed by atoms with Crippen molar-refractivity contribution in [1.82, 2.24) is 0 Å². The fourth-order valence-corrected chi connectivity index (χ4v) is 4.04. The van der Waals surface area contributed by atoms with E-state index < -0.39 is 0 Å². The van der Waals surface area contributed by atoms with Gasteiger partial charge in [0.25, 0.3) is 0 Å². The van der Waals surface area contributed by atoms with Crippen molar-refractivity contribution in [2.45, 2.75) is 72.8 Å². The van der Waals surface area contributed by atoms with Crippen molar-refractivity contribution in [2.75, 3.05) is 0 Å². The minimum atomic E-state index is 0.326. The van der Waals surface area contributed by atoms with Crippen LogP contribution in [0.3, 0.4) is 0 Å². The van der Waals surface area contributed by atoms with E-state index in [-0.39, 0.29) is 0 Å². The molecule has 1 fully saturated rings. The molecule has 1 heteroatoms. The van der Waals surface area contributed by atoms with Gasteiger partial charge in [-0.05, 0) is 68.8 Å². The fraction of sp³-hybridized carbons (Fsp3) is 0.700. The lowest BCUT2D eigenvalue weighted by molar-refractivity contribution is 0.139. The van der Waals surface area contributed by atoms with Crippen molar-refractivity contribution in [2.24, 2.45) is 23.0 Å². The molecular formula is C20H33N. The Bertz CT molecular complexity index is 441. The van der Waals surface area contributed by atoms with Gasteiger partial charge in [0.15, 0.2) is 0 Å². The van der Waals surface area contributed by atoms with Gasteiger partial charge in [-0.25, -0.2) is 0 Å². The van der Waals surface area contributed by atoms with E-state index in [4.69, 9.17) is 5.73 Å². The Morgan fingerprint density at radius 3 is 2.00 bits per heavy atom. The Morgan fingerprint density at radius 2 is 1.52 bits per heavy atom. The number of hydrogen-bond donors (Lipinski definition) is 1. The predicted molar refractivity (Wildman–Crippen MR) is 92.5 cm³/mol. The van der Waals surface area contributed by atoms with Crippen LogP contribution in [0.5, 0.6) is 0 Å². The SMILES string of the molecule is Cc1cc(C)cc(CC(N)C2CCC(C(C)(C)C)CC2)c1. The highest BCUT2D eigenvalue weighted by atomic mass is 14.7. The Hall–Kier alpha value is -0.820. The maximum absolute atomic E-state index is 6.54. The summed E-state index contributed by atoms with van der Waals surface area (Å²) >= 11 is 0. The van der Waals surface area contributed by atoms with E-state index in [1.807, 2.05) is 0 Å². The van der Waals surface area contributed by atoms with Crippen LogP contribution < -0.4 is 5.73 Å². The highest BCUT2D eigenvalue weighted by Gasteiger charge is 2.31. The molecule has 0 bridgehead atoms. The van der Waals surface area contributed by atoms with E-state index in [1.165, 1.54) is 42.4 Å². The summed E-state index contributed by atoms with van der Waals surface area (Å²) in [6.07, 6.45) is 6.37. The van der Waals surface area contributed by atoms with Crippen molar-refractivity contribution in [3.05, 3.63) is 34.9 Å². The topological polar surface area (TPSA) is 26.0 Å². The summed E-state index contributed by atoms with van der Waals surface area (Å²) in [5, 5.41) is 0. The summed E-state index contributed by atoms with van der Waals surface area (Å²) in [7, 11) is 0. The van der Waals surface area contributed by atoms with Gasteiger partial charge in [-0.1, -0.05) is 50.1 Å². The van der Waals surface area contributed by atoms with E-state index in [1.54, 1.807) is 0 Å². The molecule has 1 aromatic rings. The van der Waals surface area contributed by atoms with Crippen LogP contribution in [0.4, 0.5) is 0 Å². The molecule has 1 nitrogen and oxygen atoms in total. The highest BCUT2D eigenvalue weighted by molar-refractivity contribution is 5.29. The zero-order chi connectivity index (χ0) is 15.6. The van der Waals surface area contributed by atoms with Gasteiger partial charge in [0.2, 0.25) is 0 Å². The largest absolute Gasteiger partial charge is 0.327 e. The van der Waals surface area contributed by atoms with Gasteiger partial charge in [-0.15, -0.1) is 0 Å². The smallest absolute Gasteiger partial charge is 0.0108 e. The van der Waals surface area contributed by atoms with Crippen LogP contribution in [-0.4, -0.2) is 6.04 Å².